The Morgan fingerprint density at radius 1 is 1.24 bits per heavy atom. The topological polar surface area (TPSA) is 15.3 Å². The first-order valence-electron chi connectivity index (χ1n) is 7.46. The third-order valence-corrected chi connectivity index (χ3v) is 4.67. The fraction of sp³-hybridized carbons (Fsp3) is 1.00. The van der Waals surface area contributed by atoms with Gasteiger partial charge in [-0.15, -0.1) is 0 Å². The Hall–Kier alpha value is -0.0800. The predicted octanol–water partition coefficient (Wildman–Crippen LogP) is 3.28. The Labute approximate surface area is 108 Å². The smallest absolute Gasteiger partial charge is 0.00924 e. The van der Waals surface area contributed by atoms with E-state index in [1.54, 1.807) is 0 Å². The molecule has 0 unspecified atom stereocenters. The van der Waals surface area contributed by atoms with Gasteiger partial charge in [0.2, 0.25) is 0 Å². The van der Waals surface area contributed by atoms with E-state index in [-0.39, 0.29) is 0 Å². The molecule has 102 valence electrons. The molecule has 1 aliphatic rings. The Bertz CT molecular complexity index is 205. The lowest BCUT2D eigenvalue weighted by molar-refractivity contribution is 0.0841. The first-order chi connectivity index (χ1) is 8.03. The molecular formula is C15H32N2. The zero-order valence-electron chi connectivity index (χ0n) is 12.6. The summed E-state index contributed by atoms with van der Waals surface area (Å²) in [6.07, 6.45) is 6.82. The molecule has 1 rings (SSSR count). The van der Waals surface area contributed by atoms with Gasteiger partial charge in [-0.05, 0) is 38.1 Å². The molecule has 1 aliphatic carbocycles. The molecule has 0 aromatic rings. The van der Waals surface area contributed by atoms with Crippen molar-refractivity contribution in [3.8, 4) is 0 Å². The highest BCUT2D eigenvalue weighted by atomic mass is 15.1. The molecular weight excluding hydrogens is 208 g/mol. The quantitative estimate of drug-likeness (QED) is 0.700. The largest absolute Gasteiger partial charge is 0.314 e. The molecule has 0 aromatic heterocycles. The summed E-state index contributed by atoms with van der Waals surface area (Å²) in [6, 6.07) is 1.47. The second-order valence-electron chi connectivity index (χ2n) is 6.24. The fourth-order valence-electron chi connectivity index (χ4n) is 2.69. The Balaban J connectivity index is 2.49. The SMILES string of the molecule is CCC(CC)(CNC(C)C)CN(C)C1CCC1. The van der Waals surface area contributed by atoms with Crippen LogP contribution in [0.25, 0.3) is 0 Å². The molecule has 1 saturated carbocycles. The van der Waals surface area contributed by atoms with E-state index in [1.165, 1.54) is 38.6 Å². The van der Waals surface area contributed by atoms with E-state index in [0.717, 1.165) is 12.6 Å². The minimum atomic E-state index is 0.467. The van der Waals surface area contributed by atoms with Crippen LogP contribution in [-0.2, 0) is 0 Å². The summed E-state index contributed by atoms with van der Waals surface area (Å²) in [6.45, 7) is 11.6. The van der Waals surface area contributed by atoms with Gasteiger partial charge in [0.15, 0.2) is 0 Å². The lowest BCUT2D eigenvalue weighted by Crippen LogP contribution is -2.48. The predicted molar refractivity (Wildman–Crippen MR) is 76.4 cm³/mol. The average molecular weight is 240 g/mol. The summed E-state index contributed by atoms with van der Waals surface area (Å²) in [5.41, 5.74) is 0.467. The van der Waals surface area contributed by atoms with E-state index in [2.05, 4.69) is 45.0 Å². The molecule has 1 fully saturated rings. The van der Waals surface area contributed by atoms with Crippen molar-refractivity contribution in [2.75, 3.05) is 20.1 Å². The van der Waals surface area contributed by atoms with Crippen LogP contribution in [0.4, 0.5) is 0 Å². The van der Waals surface area contributed by atoms with Crippen LogP contribution in [0.3, 0.4) is 0 Å². The molecule has 0 aliphatic heterocycles. The first-order valence-corrected chi connectivity index (χ1v) is 7.46. The number of hydrogen-bond donors (Lipinski definition) is 1. The van der Waals surface area contributed by atoms with Crippen LogP contribution in [-0.4, -0.2) is 37.1 Å². The standard InChI is InChI=1S/C15H32N2/c1-6-15(7-2,11-16-13(3)4)12-17(5)14-9-8-10-14/h13-14,16H,6-12H2,1-5H3. The fourth-order valence-corrected chi connectivity index (χ4v) is 2.69. The van der Waals surface area contributed by atoms with Gasteiger partial charge in [-0.2, -0.15) is 0 Å². The van der Waals surface area contributed by atoms with Crippen LogP contribution >= 0.6 is 0 Å². The Morgan fingerprint density at radius 2 is 1.82 bits per heavy atom. The van der Waals surface area contributed by atoms with Crippen LogP contribution in [0.1, 0.15) is 59.8 Å². The van der Waals surface area contributed by atoms with Crippen molar-refractivity contribution in [3.63, 3.8) is 0 Å². The molecule has 0 saturated heterocycles. The third-order valence-electron chi connectivity index (χ3n) is 4.67. The van der Waals surface area contributed by atoms with Gasteiger partial charge in [-0.1, -0.05) is 34.1 Å². The van der Waals surface area contributed by atoms with Crippen LogP contribution in [0, 0.1) is 5.41 Å². The number of rotatable bonds is 8. The second-order valence-corrected chi connectivity index (χ2v) is 6.24. The summed E-state index contributed by atoms with van der Waals surface area (Å²) >= 11 is 0. The maximum atomic E-state index is 3.64. The summed E-state index contributed by atoms with van der Waals surface area (Å²) < 4.78 is 0. The van der Waals surface area contributed by atoms with E-state index in [4.69, 9.17) is 0 Å². The maximum absolute atomic E-state index is 3.64. The second kappa shape index (κ2) is 6.75. The molecule has 2 nitrogen and oxygen atoms in total. The lowest BCUT2D eigenvalue weighted by atomic mass is 9.80. The molecule has 0 radical (unpaired) electrons. The van der Waals surface area contributed by atoms with Gasteiger partial charge in [0.25, 0.3) is 0 Å². The molecule has 0 bridgehead atoms. The van der Waals surface area contributed by atoms with E-state index in [0.29, 0.717) is 11.5 Å². The summed E-state index contributed by atoms with van der Waals surface area (Å²) in [5, 5.41) is 3.64. The minimum Gasteiger partial charge on any atom is -0.314 e. The molecule has 0 heterocycles. The minimum absolute atomic E-state index is 0.467. The van der Waals surface area contributed by atoms with E-state index >= 15 is 0 Å². The van der Waals surface area contributed by atoms with Gasteiger partial charge >= 0.3 is 0 Å². The van der Waals surface area contributed by atoms with Crippen molar-refractivity contribution in [3.05, 3.63) is 0 Å². The van der Waals surface area contributed by atoms with Crippen molar-refractivity contribution >= 4 is 0 Å². The highest BCUT2D eigenvalue weighted by molar-refractivity contribution is 4.87. The highest BCUT2D eigenvalue weighted by Gasteiger charge is 2.31. The average Bonchev–Trinajstić information content (AvgIpc) is 2.21. The van der Waals surface area contributed by atoms with Gasteiger partial charge < -0.3 is 10.2 Å². The molecule has 0 atom stereocenters. The first kappa shape index (κ1) is 15.0. The normalized spacial score (nSPS) is 17.8. The Kier molecular flexibility index (Phi) is 5.94. The zero-order valence-corrected chi connectivity index (χ0v) is 12.6. The number of nitrogens with zero attached hydrogens (tertiary/aromatic N) is 1. The Morgan fingerprint density at radius 3 is 2.18 bits per heavy atom. The molecule has 0 aromatic carbocycles. The third kappa shape index (κ3) is 4.26. The molecule has 17 heavy (non-hydrogen) atoms. The van der Waals surface area contributed by atoms with Gasteiger partial charge in [-0.25, -0.2) is 0 Å². The van der Waals surface area contributed by atoms with E-state index < -0.39 is 0 Å². The summed E-state index contributed by atoms with van der Waals surface area (Å²) in [5.74, 6) is 0. The number of hydrogen-bond acceptors (Lipinski definition) is 2. The van der Waals surface area contributed by atoms with E-state index in [9.17, 15) is 0 Å². The summed E-state index contributed by atoms with van der Waals surface area (Å²) in [7, 11) is 2.32. The molecule has 2 heteroatoms. The zero-order chi connectivity index (χ0) is 12.9. The lowest BCUT2D eigenvalue weighted by Gasteiger charge is -2.42. The van der Waals surface area contributed by atoms with Crippen molar-refractivity contribution < 1.29 is 0 Å². The van der Waals surface area contributed by atoms with Crippen molar-refractivity contribution in [1.29, 1.82) is 0 Å². The maximum Gasteiger partial charge on any atom is 0.00924 e. The van der Waals surface area contributed by atoms with Gasteiger partial charge in [0, 0.05) is 25.2 Å². The summed E-state index contributed by atoms with van der Waals surface area (Å²) in [4.78, 5) is 2.61. The van der Waals surface area contributed by atoms with E-state index in [1.807, 2.05) is 0 Å². The van der Waals surface area contributed by atoms with Gasteiger partial charge in [0.1, 0.15) is 0 Å². The van der Waals surface area contributed by atoms with Crippen molar-refractivity contribution in [1.82, 2.24) is 10.2 Å². The van der Waals surface area contributed by atoms with Crippen molar-refractivity contribution in [2.45, 2.75) is 71.9 Å². The van der Waals surface area contributed by atoms with Crippen molar-refractivity contribution in [2.24, 2.45) is 5.41 Å². The van der Waals surface area contributed by atoms with Crippen LogP contribution < -0.4 is 5.32 Å². The van der Waals surface area contributed by atoms with Crippen LogP contribution in [0.2, 0.25) is 0 Å². The van der Waals surface area contributed by atoms with Gasteiger partial charge in [0.05, 0.1) is 0 Å². The number of nitrogens with one attached hydrogen (secondary N) is 1. The highest BCUT2D eigenvalue weighted by Crippen LogP contribution is 2.31. The van der Waals surface area contributed by atoms with Crippen LogP contribution in [0.15, 0.2) is 0 Å². The molecule has 1 N–H and O–H groups in total. The monoisotopic (exact) mass is 240 g/mol. The van der Waals surface area contributed by atoms with Gasteiger partial charge in [-0.3, -0.25) is 0 Å². The molecule has 0 spiro atoms. The van der Waals surface area contributed by atoms with Crippen LogP contribution in [0.5, 0.6) is 0 Å². The molecule has 0 amide bonds.